The maximum Gasteiger partial charge on any atom is 0.139 e. The first-order chi connectivity index (χ1) is 6.81. The normalized spacial score (nSPS) is 11.2. The third kappa shape index (κ3) is 8.88. The zero-order valence-electron chi connectivity index (χ0n) is 8.50. The van der Waals surface area contributed by atoms with E-state index in [9.17, 15) is 0 Å². The minimum Gasteiger partial charge on any atom is -0.409 e. The summed E-state index contributed by atoms with van der Waals surface area (Å²) in [5, 5.41) is 14.4. The van der Waals surface area contributed by atoms with E-state index >= 15 is 0 Å². The van der Waals surface area contributed by atoms with Crippen LogP contribution in [0.4, 0.5) is 0 Å². The molecule has 0 rings (SSSR count). The Morgan fingerprint density at radius 1 is 1.36 bits per heavy atom. The summed E-state index contributed by atoms with van der Waals surface area (Å²) in [6, 6.07) is 0. The summed E-state index contributed by atoms with van der Waals surface area (Å²) >= 11 is 0. The third-order valence-corrected chi connectivity index (χ3v) is 1.84. The quantitative estimate of drug-likeness (QED) is 0.135. The van der Waals surface area contributed by atoms with Gasteiger partial charge >= 0.3 is 0 Å². The van der Waals surface area contributed by atoms with Crippen LogP contribution in [0.1, 0.15) is 32.1 Å². The first-order valence-corrected chi connectivity index (χ1v) is 4.92. The topological polar surface area (TPSA) is 70.6 Å². The lowest BCUT2D eigenvalue weighted by atomic mass is 10.2. The molecule has 0 amide bonds. The van der Waals surface area contributed by atoms with Crippen molar-refractivity contribution in [3.63, 3.8) is 0 Å². The van der Waals surface area contributed by atoms with Gasteiger partial charge in [0.1, 0.15) is 5.84 Å². The van der Waals surface area contributed by atoms with Crippen molar-refractivity contribution in [3.8, 4) is 12.3 Å². The molecule has 0 unspecified atom stereocenters. The summed E-state index contributed by atoms with van der Waals surface area (Å²) < 4.78 is 0. The van der Waals surface area contributed by atoms with Crippen LogP contribution < -0.4 is 11.1 Å². The fourth-order valence-electron chi connectivity index (χ4n) is 1.05. The van der Waals surface area contributed by atoms with Crippen LogP contribution >= 0.6 is 0 Å². The maximum atomic E-state index is 8.26. The Balaban J connectivity index is 3.04. The number of amidine groups is 1. The van der Waals surface area contributed by atoms with Gasteiger partial charge in [-0.15, -0.1) is 12.3 Å². The predicted molar refractivity (Wildman–Crippen MR) is 58.2 cm³/mol. The van der Waals surface area contributed by atoms with E-state index in [4.69, 9.17) is 17.4 Å². The fraction of sp³-hybridized carbons (Fsp3) is 0.700. The zero-order chi connectivity index (χ0) is 10.6. The van der Waals surface area contributed by atoms with Crippen LogP contribution in [0.2, 0.25) is 0 Å². The number of nitrogens with zero attached hydrogens (tertiary/aromatic N) is 1. The number of hydrogen-bond donors (Lipinski definition) is 3. The molecule has 0 heterocycles. The third-order valence-electron chi connectivity index (χ3n) is 1.84. The van der Waals surface area contributed by atoms with E-state index in [-0.39, 0.29) is 0 Å². The van der Waals surface area contributed by atoms with Gasteiger partial charge in [0.25, 0.3) is 0 Å². The molecule has 0 bridgehead atoms. The molecule has 0 fully saturated rings. The molecule has 14 heavy (non-hydrogen) atoms. The Bertz CT molecular complexity index is 196. The van der Waals surface area contributed by atoms with Gasteiger partial charge in [-0.05, 0) is 32.4 Å². The van der Waals surface area contributed by atoms with Crippen LogP contribution in [0.3, 0.4) is 0 Å². The van der Waals surface area contributed by atoms with Crippen LogP contribution in [0.5, 0.6) is 0 Å². The van der Waals surface area contributed by atoms with E-state index < -0.39 is 0 Å². The van der Waals surface area contributed by atoms with Gasteiger partial charge in [0.15, 0.2) is 0 Å². The molecule has 0 aliphatic rings. The van der Waals surface area contributed by atoms with Crippen molar-refractivity contribution >= 4 is 5.84 Å². The first-order valence-electron chi connectivity index (χ1n) is 4.92. The Kier molecular flexibility index (Phi) is 9.02. The lowest BCUT2D eigenvalue weighted by Gasteiger charge is -2.02. The molecule has 0 aromatic heterocycles. The zero-order valence-corrected chi connectivity index (χ0v) is 8.50. The Labute approximate surface area is 85.6 Å². The van der Waals surface area contributed by atoms with Gasteiger partial charge in [-0.2, -0.15) is 0 Å². The second-order valence-electron chi connectivity index (χ2n) is 3.11. The molecule has 0 aliphatic carbocycles. The fourth-order valence-corrected chi connectivity index (χ4v) is 1.05. The van der Waals surface area contributed by atoms with E-state index in [2.05, 4.69) is 16.4 Å². The largest absolute Gasteiger partial charge is 0.409 e. The van der Waals surface area contributed by atoms with E-state index in [0.29, 0.717) is 12.3 Å². The van der Waals surface area contributed by atoms with E-state index in [1.807, 2.05) is 0 Å². The van der Waals surface area contributed by atoms with E-state index in [1.54, 1.807) is 0 Å². The van der Waals surface area contributed by atoms with Gasteiger partial charge in [-0.3, -0.25) is 0 Å². The minimum atomic E-state index is 0.303. The highest BCUT2D eigenvalue weighted by atomic mass is 16.4. The molecule has 0 aromatic rings. The van der Waals surface area contributed by atoms with Crippen LogP contribution in [-0.4, -0.2) is 24.1 Å². The number of oxime groups is 1. The highest BCUT2D eigenvalue weighted by Crippen LogP contribution is 1.93. The number of nitrogens with one attached hydrogen (secondary N) is 1. The summed E-state index contributed by atoms with van der Waals surface area (Å²) in [5.41, 5.74) is 5.31. The first kappa shape index (κ1) is 12.8. The summed E-state index contributed by atoms with van der Waals surface area (Å²) in [6.45, 7) is 1.93. The van der Waals surface area contributed by atoms with Crippen LogP contribution in [0.15, 0.2) is 5.16 Å². The molecular formula is C10H19N3O. The summed E-state index contributed by atoms with van der Waals surface area (Å²) in [5.74, 6) is 2.90. The molecule has 0 aliphatic heterocycles. The lowest BCUT2D eigenvalue weighted by Crippen LogP contribution is -2.17. The Morgan fingerprint density at radius 3 is 2.71 bits per heavy atom. The molecule has 0 spiro atoms. The van der Waals surface area contributed by atoms with Crippen LogP contribution in [0, 0.1) is 12.3 Å². The van der Waals surface area contributed by atoms with Crippen molar-refractivity contribution in [2.45, 2.75) is 32.1 Å². The number of rotatable bonds is 8. The molecule has 80 valence electrons. The van der Waals surface area contributed by atoms with Gasteiger partial charge in [0.05, 0.1) is 0 Å². The number of terminal acetylenes is 1. The molecule has 4 nitrogen and oxygen atoms in total. The van der Waals surface area contributed by atoms with Crippen molar-refractivity contribution < 1.29 is 5.21 Å². The van der Waals surface area contributed by atoms with Gasteiger partial charge in [0.2, 0.25) is 0 Å². The van der Waals surface area contributed by atoms with Crippen molar-refractivity contribution in [3.05, 3.63) is 0 Å². The summed E-state index contributed by atoms with van der Waals surface area (Å²) in [6.07, 6.45) is 9.60. The summed E-state index contributed by atoms with van der Waals surface area (Å²) in [7, 11) is 0. The molecule has 4 heteroatoms. The van der Waals surface area contributed by atoms with Crippen LogP contribution in [0.25, 0.3) is 0 Å². The molecular weight excluding hydrogens is 178 g/mol. The standard InChI is InChI=1S/C10H19N3O/c1-2-3-5-8-12-9-6-4-7-10(11)13-14/h1,12,14H,3-9H2,(H2,11,13). The second-order valence-corrected chi connectivity index (χ2v) is 3.11. The van der Waals surface area contributed by atoms with Gasteiger partial charge in [-0.1, -0.05) is 5.16 Å². The highest BCUT2D eigenvalue weighted by molar-refractivity contribution is 5.79. The van der Waals surface area contributed by atoms with E-state index in [1.165, 1.54) is 0 Å². The number of nitrogens with two attached hydrogens (primary N) is 1. The molecule has 0 radical (unpaired) electrons. The van der Waals surface area contributed by atoms with Gasteiger partial charge in [0, 0.05) is 12.8 Å². The average molecular weight is 197 g/mol. The summed E-state index contributed by atoms with van der Waals surface area (Å²) in [4.78, 5) is 0. The molecule has 0 aromatic carbocycles. The molecule has 0 saturated heterocycles. The lowest BCUT2D eigenvalue weighted by molar-refractivity contribution is 0.316. The monoisotopic (exact) mass is 197 g/mol. The average Bonchev–Trinajstić information content (AvgIpc) is 2.21. The van der Waals surface area contributed by atoms with E-state index in [0.717, 1.165) is 38.8 Å². The predicted octanol–water partition coefficient (Wildman–Crippen LogP) is 0.906. The van der Waals surface area contributed by atoms with Gasteiger partial charge in [-0.25, -0.2) is 0 Å². The van der Waals surface area contributed by atoms with Gasteiger partial charge < -0.3 is 16.3 Å². The van der Waals surface area contributed by atoms with Crippen molar-refractivity contribution in [2.75, 3.05) is 13.1 Å². The van der Waals surface area contributed by atoms with Crippen molar-refractivity contribution in [1.29, 1.82) is 0 Å². The highest BCUT2D eigenvalue weighted by Gasteiger charge is 1.93. The maximum absolute atomic E-state index is 8.26. The van der Waals surface area contributed by atoms with Crippen molar-refractivity contribution in [1.82, 2.24) is 5.32 Å². The number of hydrogen-bond acceptors (Lipinski definition) is 3. The number of unbranched alkanes of at least 4 members (excludes halogenated alkanes) is 2. The minimum absolute atomic E-state index is 0.303. The molecule has 4 N–H and O–H groups in total. The van der Waals surface area contributed by atoms with Crippen molar-refractivity contribution in [2.24, 2.45) is 10.9 Å². The Hall–Kier alpha value is -1.21. The molecule has 0 atom stereocenters. The molecule has 0 saturated carbocycles. The second kappa shape index (κ2) is 9.87. The smallest absolute Gasteiger partial charge is 0.139 e. The SMILES string of the molecule is C#CCCCNCCCCC(N)=NO. The van der Waals surface area contributed by atoms with Crippen LogP contribution in [-0.2, 0) is 0 Å². The Morgan fingerprint density at radius 2 is 2.07 bits per heavy atom.